The Balaban J connectivity index is 4.09. The molecular weight excluding hydrogens is 1240 g/mol. The van der Waals surface area contributed by atoms with E-state index in [1.54, 1.807) is 62.3 Å². The molecule has 13 atom stereocenters. The number of likely N-dealkylation sites (N-methyl/N-ethyl adjacent to an activating group) is 3. The molecule has 0 aromatic heterocycles. The average molecular weight is 1360 g/mol. The monoisotopic (exact) mass is 1360 g/mol. The fraction of sp³-hybridized carbons (Fsp3) is 0.791. The van der Waals surface area contributed by atoms with E-state index in [0.29, 0.717) is 12.8 Å². The van der Waals surface area contributed by atoms with Gasteiger partial charge in [-0.1, -0.05) is 124 Å². The number of carbonyl (C=O) groups is 14. The molecule has 96 heavy (non-hydrogen) atoms. The second-order valence-corrected chi connectivity index (χ2v) is 27.9. The van der Waals surface area contributed by atoms with E-state index in [1.807, 2.05) is 48.5 Å². The van der Waals surface area contributed by atoms with Crippen LogP contribution in [-0.2, 0) is 76.6 Å². The third-order valence-corrected chi connectivity index (χ3v) is 17.0. The maximum atomic E-state index is 14.8. The molecule has 0 aromatic carbocycles. The van der Waals surface area contributed by atoms with Crippen LogP contribution in [0.4, 0.5) is 0 Å². The third kappa shape index (κ3) is 28.3. The summed E-state index contributed by atoms with van der Waals surface area (Å²) in [7, 11) is 5.50. The van der Waals surface area contributed by atoms with E-state index in [0.717, 1.165) is 4.90 Å². The summed E-state index contributed by atoms with van der Waals surface area (Å²) in [6.45, 7) is 29.8. The summed E-state index contributed by atoms with van der Waals surface area (Å²) in [5.41, 5.74) is 0. The molecule has 1 rings (SSSR count). The van der Waals surface area contributed by atoms with Gasteiger partial charge in [-0.3, -0.25) is 62.3 Å². The Morgan fingerprint density at radius 2 is 1.03 bits per heavy atom. The van der Waals surface area contributed by atoms with E-state index >= 15 is 0 Å². The minimum absolute atomic E-state index is 0.0605. The van der Waals surface area contributed by atoms with Crippen LogP contribution >= 0.6 is 0 Å². The number of hydrogen-bond acceptors (Lipinski definition) is 16. The number of cyclic esters (lactones) is 1. The predicted molar refractivity (Wildman–Crippen MR) is 361 cm³/mol. The van der Waals surface area contributed by atoms with Crippen molar-refractivity contribution in [2.45, 2.75) is 243 Å². The number of esters is 1. The molecule has 0 aliphatic carbocycles. The molecule has 1 aliphatic heterocycles. The lowest BCUT2D eigenvalue weighted by Crippen LogP contribution is -2.61. The first kappa shape index (κ1) is 86.6. The summed E-state index contributed by atoms with van der Waals surface area (Å²) >= 11 is 0. The van der Waals surface area contributed by atoms with Crippen LogP contribution in [-0.4, -0.2) is 218 Å². The summed E-state index contributed by atoms with van der Waals surface area (Å²) in [4.78, 5) is 200. The molecule has 0 aromatic rings. The molecule has 0 spiro atoms. The first-order valence-corrected chi connectivity index (χ1v) is 34.1. The first-order chi connectivity index (χ1) is 44.7. The summed E-state index contributed by atoms with van der Waals surface area (Å²) in [5, 5.41) is 26.9. The molecule has 1 aliphatic rings. The summed E-state index contributed by atoms with van der Waals surface area (Å²) in [6, 6.07) is -12.3. The van der Waals surface area contributed by atoms with Crippen molar-refractivity contribution in [2.75, 3.05) is 54.5 Å². The first-order valence-electron chi connectivity index (χ1n) is 34.1. The van der Waals surface area contributed by atoms with Crippen molar-refractivity contribution in [1.82, 2.24) is 67.9 Å². The van der Waals surface area contributed by atoms with Crippen molar-refractivity contribution < 1.29 is 76.6 Å². The molecule has 1 unspecified atom stereocenters. The van der Waals surface area contributed by atoms with Gasteiger partial charge < -0.3 is 77.3 Å². The van der Waals surface area contributed by atoms with Crippen LogP contribution in [0, 0.1) is 47.3 Å². The van der Waals surface area contributed by atoms with Gasteiger partial charge in [-0.25, -0.2) is 4.79 Å². The number of nitrogens with zero attached hydrogens (tertiary/aromatic N) is 3. The molecule has 0 radical (unpaired) electrons. The number of ether oxygens (including phenoxy) is 2. The van der Waals surface area contributed by atoms with Crippen molar-refractivity contribution in [3.8, 4) is 0 Å². The van der Waals surface area contributed by atoms with E-state index in [-0.39, 0.29) is 76.1 Å². The van der Waals surface area contributed by atoms with Gasteiger partial charge in [0.25, 0.3) is 0 Å². The fourth-order valence-electron chi connectivity index (χ4n) is 11.1. The van der Waals surface area contributed by atoms with Crippen LogP contribution in [0.5, 0.6) is 0 Å². The van der Waals surface area contributed by atoms with Crippen molar-refractivity contribution in [3.05, 3.63) is 0 Å². The van der Waals surface area contributed by atoms with Crippen molar-refractivity contribution in [1.29, 1.82) is 0 Å². The van der Waals surface area contributed by atoms with Crippen LogP contribution in [0.3, 0.4) is 0 Å². The summed E-state index contributed by atoms with van der Waals surface area (Å²) in [6.07, 6.45) is -1.46. The normalized spacial score (nSPS) is 24.7. The summed E-state index contributed by atoms with van der Waals surface area (Å²) < 4.78 is 11.0. The van der Waals surface area contributed by atoms with E-state index < -0.39 is 185 Å². The van der Waals surface area contributed by atoms with E-state index in [9.17, 15) is 67.1 Å². The Morgan fingerprint density at radius 1 is 0.573 bits per heavy atom. The fourth-order valence-corrected chi connectivity index (χ4v) is 11.1. The molecule has 29 nitrogen and oxygen atoms in total. The van der Waals surface area contributed by atoms with E-state index in [2.05, 4.69) is 53.2 Å². The van der Waals surface area contributed by atoms with Gasteiger partial charge in [-0.05, 0) is 80.5 Å². The highest BCUT2D eigenvalue weighted by atomic mass is 16.5. The Kier molecular flexibility index (Phi) is 38.1. The smallest absolute Gasteiger partial charge is 0.329 e. The van der Waals surface area contributed by atoms with Gasteiger partial charge in [0.05, 0.1) is 0 Å². The number of rotatable bonds is 20. The Morgan fingerprint density at radius 3 is 1.47 bits per heavy atom. The van der Waals surface area contributed by atoms with Crippen LogP contribution < -0.4 is 53.2 Å². The van der Waals surface area contributed by atoms with Crippen LogP contribution in [0.2, 0.25) is 0 Å². The second-order valence-electron chi connectivity index (χ2n) is 27.9. The zero-order valence-corrected chi connectivity index (χ0v) is 61.3. The van der Waals surface area contributed by atoms with Gasteiger partial charge in [0, 0.05) is 67.1 Å². The van der Waals surface area contributed by atoms with Crippen molar-refractivity contribution >= 4 is 82.8 Å². The van der Waals surface area contributed by atoms with Gasteiger partial charge in [0.2, 0.25) is 76.8 Å². The SMILES string of the molecule is CC[C@H](C)[C@H]1NC(=O)CCNC(=O)[C@H](C(C)C)N(C)C(=O)[C@@H](CC(C)C)NC(=O)CCNC(=O)[C@@H](NC(=O)[C@@H](CC(C)C)N(C)C(=O)C(NC(=O)COC)C(C)C)[C@@H](C)OC(=O)[C@@H]([C@@H](C)CC)N(C)C(=O)[C@@H](CC(C)C)NC(=O)CCNC(=O)[C@H](C)NC(=O)[C@@H](C(C)C)NC1=O. The van der Waals surface area contributed by atoms with Gasteiger partial charge in [0.1, 0.15) is 73.1 Å². The van der Waals surface area contributed by atoms with Crippen molar-refractivity contribution in [2.24, 2.45) is 47.3 Å². The standard InChI is InChI=1S/C67H119N13O16/c1-23-41(15)54-62(89)76-52(38(9)10)61(88)71-43(17)58(85)68-28-25-48(81)73-46(32-36(5)6)65(92)80(21)57(42(16)24-2)67(94)96-44(18)55(77-59(86)47(33-37(7)8)78(19)66(93)53(39(11)12)75-51(84)34-95-22)60(87)69-29-26-49(82)72-45(31-35(3)4)64(91)79(20)56(40(13)14)63(90)70-30-27-50(83)74-54/h35-47,52-57H,23-34H2,1-22H3,(H,68,85)(H,69,87)(H,70,90)(H,71,88)(H,72,82)(H,73,81)(H,74,83)(H,75,84)(H,76,89)(H,77,86)/t41-,42-,43-,44+,45+,46+,47+,52+,53?,54+,55-,56-,57+/m0/s1. The average Bonchev–Trinajstić information content (AvgIpc) is 0.853. The van der Waals surface area contributed by atoms with Gasteiger partial charge in [-0.2, -0.15) is 0 Å². The number of amides is 13. The largest absolute Gasteiger partial charge is 0.458 e. The predicted octanol–water partition coefficient (Wildman–Crippen LogP) is 1.19. The Labute approximate surface area is 569 Å². The molecule has 1 fully saturated rings. The molecule has 0 saturated carbocycles. The van der Waals surface area contributed by atoms with Gasteiger partial charge >= 0.3 is 5.97 Å². The lowest BCUT2D eigenvalue weighted by Gasteiger charge is -2.36. The third-order valence-electron chi connectivity index (χ3n) is 17.0. The summed E-state index contributed by atoms with van der Waals surface area (Å²) in [5.74, 6) is -12.8. The molecule has 1 heterocycles. The molecular formula is C67H119N13O16. The quantitative estimate of drug-likeness (QED) is 0.0766. The van der Waals surface area contributed by atoms with Crippen LogP contribution in [0.15, 0.2) is 0 Å². The maximum absolute atomic E-state index is 14.8. The maximum Gasteiger partial charge on any atom is 0.329 e. The van der Waals surface area contributed by atoms with Crippen LogP contribution in [0.25, 0.3) is 0 Å². The lowest BCUT2D eigenvalue weighted by molar-refractivity contribution is -0.163. The zero-order valence-electron chi connectivity index (χ0n) is 61.3. The van der Waals surface area contributed by atoms with Crippen molar-refractivity contribution in [3.63, 3.8) is 0 Å². The zero-order chi connectivity index (χ0) is 73.8. The molecule has 0 bridgehead atoms. The molecule has 10 N–H and O–H groups in total. The lowest BCUT2D eigenvalue weighted by atomic mass is 9.95. The molecule has 29 heteroatoms. The minimum atomic E-state index is -1.73. The van der Waals surface area contributed by atoms with Crippen LogP contribution in [0.1, 0.15) is 176 Å². The Hall–Kier alpha value is -7.46. The number of hydrogen-bond donors (Lipinski definition) is 10. The van der Waals surface area contributed by atoms with E-state index in [1.165, 1.54) is 51.9 Å². The number of methoxy groups -OCH3 is 1. The highest BCUT2D eigenvalue weighted by Gasteiger charge is 2.42. The molecule has 548 valence electrons. The highest BCUT2D eigenvalue weighted by Crippen LogP contribution is 2.22. The molecule has 1 saturated heterocycles. The number of carbonyl (C=O) groups excluding carboxylic acids is 14. The minimum Gasteiger partial charge on any atom is -0.458 e. The van der Waals surface area contributed by atoms with E-state index in [4.69, 9.17) is 9.47 Å². The van der Waals surface area contributed by atoms with Gasteiger partial charge in [-0.15, -0.1) is 0 Å². The Bertz CT molecular complexity index is 2640. The molecule has 13 amide bonds. The van der Waals surface area contributed by atoms with Gasteiger partial charge in [0.15, 0.2) is 0 Å². The number of nitrogens with one attached hydrogen (secondary N) is 10. The topological polar surface area (TPSA) is 387 Å². The highest BCUT2D eigenvalue weighted by molar-refractivity contribution is 5.97. The second kappa shape index (κ2) is 42.3.